The van der Waals surface area contributed by atoms with Gasteiger partial charge < -0.3 is 9.64 Å². The number of hydrogen-bond acceptors (Lipinski definition) is 4. The number of carbonyl (C=O) groups excluding carboxylic acids is 1. The SMILES string of the molecule is CCOC(=O)N1CCN(Cc2cccc(C#N)c2F)CC1. The van der Waals surface area contributed by atoms with Crippen molar-refractivity contribution in [3.8, 4) is 6.07 Å². The van der Waals surface area contributed by atoms with Gasteiger partial charge in [-0.3, -0.25) is 4.90 Å². The number of benzene rings is 1. The summed E-state index contributed by atoms with van der Waals surface area (Å²) in [5.41, 5.74) is 0.580. The molecule has 0 atom stereocenters. The number of carbonyl (C=O) groups is 1. The van der Waals surface area contributed by atoms with Crippen LogP contribution in [-0.4, -0.2) is 48.7 Å². The van der Waals surface area contributed by atoms with Crippen molar-refractivity contribution in [1.29, 1.82) is 5.26 Å². The zero-order valence-electron chi connectivity index (χ0n) is 12.0. The first-order valence-electron chi connectivity index (χ1n) is 6.97. The van der Waals surface area contributed by atoms with Gasteiger partial charge in [0.25, 0.3) is 0 Å². The van der Waals surface area contributed by atoms with E-state index in [-0.39, 0.29) is 11.7 Å². The summed E-state index contributed by atoms with van der Waals surface area (Å²) in [4.78, 5) is 15.3. The number of nitrogens with zero attached hydrogens (tertiary/aromatic N) is 3. The molecule has 0 aliphatic carbocycles. The number of hydrogen-bond donors (Lipinski definition) is 0. The second-order valence-electron chi connectivity index (χ2n) is 4.85. The predicted octanol–water partition coefficient (Wildman–Crippen LogP) is 1.97. The molecule has 0 aromatic heterocycles. The molecule has 0 saturated carbocycles. The Morgan fingerprint density at radius 3 is 2.71 bits per heavy atom. The van der Waals surface area contributed by atoms with Gasteiger partial charge in [-0.25, -0.2) is 9.18 Å². The fourth-order valence-electron chi connectivity index (χ4n) is 2.33. The van der Waals surface area contributed by atoms with Crippen molar-refractivity contribution in [2.75, 3.05) is 32.8 Å². The fourth-order valence-corrected chi connectivity index (χ4v) is 2.33. The van der Waals surface area contributed by atoms with E-state index in [2.05, 4.69) is 4.90 Å². The van der Waals surface area contributed by atoms with E-state index in [1.165, 1.54) is 6.07 Å². The van der Waals surface area contributed by atoms with Crippen molar-refractivity contribution in [1.82, 2.24) is 9.80 Å². The first-order chi connectivity index (χ1) is 10.2. The molecule has 0 radical (unpaired) electrons. The Morgan fingerprint density at radius 1 is 1.38 bits per heavy atom. The second-order valence-corrected chi connectivity index (χ2v) is 4.85. The van der Waals surface area contributed by atoms with E-state index < -0.39 is 5.82 Å². The first-order valence-corrected chi connectivity index (χ1v) is 6.97. The van der Waals surface area contributed by atoms with Crippen LogP contribution in [0.4, 0.5) is 9.18 Å². The smallest absolute Gasteiger partial charge is 0.409 e. The van der Waals surface area contributed by atoms with Gasteiger partial charge in [0.05, 0.1) is 12.2 Å². The minimum absolute atomic E-state index is 0.0673. The van der Waals surface area contributed by atoms with E-state index in [1.807, 2.05) is 6.07 Å². The molecule has 1 heterocycles. The summed E-state index contributed by atoms with van der Waals surface area (Å²) in [6, 6.07) is 6.69. The monoisotopic (exact) mass is 291 g/mol. The molecule has 0 unspecified atom stereocenters. The molecule has 1 amide bonds. The molecule has 1 aliphatic rings. The van der Waals surface area contributed by atoms with Crippen LogP contribution in [0, 0.1) is 17.1 Å². The molecule has 5 nitrogen and oxygen atoms in total. The van der Waals surface area contributed by atoms with Crippen molar-refractivity contribution in [3.63, 3.8) is 0 Å². The number of rotatable bonds is 3. The average molecular weight is 291 g/mol. The quantitative estimate of drug-likeness (QED) is 0.854. The largest absolute Gasteiger partial charge is 0.450 e. The third kappa shape index (κ3) is 3.70. The molecule has 21 heavy (non-hydrogen) atoms. The summed E-state index contributed by atoms with van der Waals surface area (Å²) in [7, 11) is 0. The van der Waals surface area contributed by atoms with Crippen LogP contribution in [0.2, 0.25) is 0 Å². The van der Waals surface area contributed by atoms with Crippen molar-refractivity contribution >= 4 is 6.09 Å². The fraction of sp³-hybridized carbons (Fsp3) is 0.467. The molecular formula is C15H18FN3O2. The van der Waals surface area contributed by atoms with Gasteiger partial charge in [0, 0.05) is 38.3 Å². The second kappa shape index (κ2) is 7.04. The Hall–Kier alpha value is -2.13. The third-order valence-electron chi connectivity index (χ3n) is 3.49. The minimum Gasteiger partial charge on any atom is -0.450 e. The lowest BCUT2D eigenvalue weighted by atomic mass is 10.1. The maximum absolute atomic E-state index is 14.0. The lowest BCUT2D eigenvalue weighted by Crippen LogP contribution is -2.48. The van der Waals surface area contributed by atoms with Crippen LogP contribution in [0.15, 0.2) is 18.2 Å². The number of amides is 1. The Labute approximate surface area is 123 Å². The standard InChI is InChI=1S/C15H18FN3O2/c1-2-21-15(20)19-8-6-18(7-9-19)11-13-5-3-4-12(10-17)14(13)16/h3-5H,2,6-9,11H2,1H3. The Kier molecular flexibility index (Phi) is 5.12. The Bertz CT molecular complexity index is 548. The molecule has 2 rings (SSSR count). The number of nitriles is 1. The zero-order chi connectivity index (χ0) is 15.2. The Morgan fingerprint density at radius 2 is 2.10 bits per heavy atom. The molecule has 1 aliphatic heterocycles. The highest BCUT2D eigenvalue weighted by atomic mass is 19.1. The van der Waals surface area contributed by atoms with E-state index in [0.29, 0.717) is 44.9 Å². The summed E-state index contributed by atoms with van der Waals surface area (Å²) in [6.07, 6.45) is -0.296. The molecule has 0 bridgehead atoms. The van der Waals surface area contributed by atoms with Crippen LogP contribution >= 0.6 is 0 Å². The molecule has 0 N–H and O–H groups in total. The van der Waals surface area contributed by atoms with E-state index in [9.17, 15) is 9.18 Å². The average Bonchev–Trinajstić information content (AvgIpc) is 2.50. The topological polar surface area (TPSA) is 56.6 Å². The molecule has 112 valence electrons. The lowest BCUT2D eigenvalue weighted by molar-refractivity contribution is 0.0775. The van der Waals surface area contributed by atoms with Crippen LogP contribution in [-0.2, 0) is 11.3 Å². The van der Waals surface area contributed by atoms with Gasteiger partial charge in [-0.05, 0) is 13.0 Å². The maximum Gasteiger partial charge on any atom is 0.409 e. The van der Waals surface area contributed by atoms with Crippen molar-refractivity contribution in [2.24, 2.45) is 0 Å². The molecular weight excluding hydrogens is 273 g/mol. The van der Waals surface area contributed by atoms with Crippen LogP contribution in [0.25, 0.3) is 0 Å². The summed E-state index contributed by atoms with van der Waals surface area (Å²) in [5, 5.41) is 8.83. The van der Waals surface area contributed by atoms with E-state index in [1.54, 1.807) is 24.0 Å². The molecule has 1 aromatic carbocycles. The van der Waals surface area contributed by atoms with Crippen molar-refractivity contribution < 1.29 is 13.9 Å². The number of halogens is 1. The highest BCUT2D eigenvalue weighted by Gasteiger charge is 2.22. The summed E-state index contributed by atoms with van der Waals surface area (Å²) in [5.74, 6) is -0.451. The van der Waals surface area contributed by atoms with Crippen molar-refractivity contribution in [2.45, 2.75) is 13.5 Å². The zero-order valence-corrected chi connectivity index (χ0v) is 12.0. The minimum atomic E-state index is -0.451. The maximum atomic E-state index is 14.0. The van der Waals surface area contributed by atoms with Gasteiger partial charge in [-0.15, -0.1) is 0 Å². The molecule has 6 heteroatoms. The first kappa shape index (κ1) is 15.3. The normalized spacial score (nSPS) is 15.6. The summed E-state index contributed by atoms with van der Waals surface area (Å²) < 4.78 is 19.0. The van der Waals surface area contributed by atoms with Gasteiger partial charge in [-0.1, -0.05) is 12.1 Å². The Balaban J connectivity index is 1.92. The summed E-state index contributed by atoms with van der Waals surface area (Å²) in [6.45, 7) is 5.04. The lowest BCUT2D eigenvalue weighted by Gasteiger charge is -2.34. The van der Waals surface area contributed by atoms with Gasteiger partial charge in [-0.2, -0.15) is 5.26 Å². The number of piperazine rings is 1. The third-order valence-corrected chi connectivity index (χ3v) is 3.49. The highest BCUT2D eigenvalue weighted by Crippen LogP contribution is 2.15. The van der Waals surface area contributed by atoms with Gasteiger partial charge in [0.15, 0.2) is 0 Å². The van der Waals surface area contributed by atoms with Crippen LogP contribution in [0.5, 0.6) is 0 Å². The van der Waals surface area contributed by atoms with E-state index in [0.717, 1.165) is 0 Å². The molecule has 1 aromatic rings. The molecule has 1 fully saturated rings. The predicted molar refractivity (Wildman–Crippen MR) is 75.0 cm³/mol. The molecule has 1 saturated heterocycles. The van der Waals surface area contributed by atoms with Gasteiger partial charge in [0.2, 0.25) is 0 Å². The van der Waals surface area contributed by atoms with E-state index in [4.69, 9.17) is 10.00 Å². The summed E-state index contributed by atoms with van der Waals surface area (Å²) >= 11 is 0. The van der Waals surface area contributed by atoms with Crippen LogP contribution < -0.4 is 0 Å². The van der Waals surface area contributed by atoms with Crippen LogP contribution in [0.3, 0.4) is 0 Å². The molecule has 0 spiro atoms. The van der Waals surface area contributed by atoms with E-state index >= 15 is 0 Å². The van der Waals surface area contributed by atoms with Crippen LogP contribution in [0.1, 0.15) is 18.1 Å². The van der Waals surface area contributed by atoms with Gasteiger partial charge >= 0.3 is 6.09 Å². The highest BCUT2D eigenvalue weighted by molar-refractivity contribution is 5.67. The van der Waals surface area contributed by atoms with Gasteiger partial charge in [0.1, 0.15) is 11.9 Å². The van der Waals surface area contributed by atoms with Crippen molar-refractivity contribution in [3.05, 3.63) is 35.1 Å². The number of ether oxygens (including phenoxy) is 1.